The van der Waals surface area contributed by atoms with Crippen molar-refractivity contribution in [2.45, 2.75) is 26.1 Å². The molecule has 0 aliphatic heterocycles. The van der Waals surface area contributed by atoms with Gasteiger partial charge in [-0.25, -0.2) is 0 Å². The first kappa shape index (κ1) is 16.0. The number of quaternary nitrogens is 1. The number of esters is 1. The monoisotopic (exact) mass is 235 g/mol. The van der Waals surface area contributed by atoms with Gasteiger partial charge in [-0.05, 0) is 13.8 Å². The molecular formula is C7H13ClF3NO2. The smallest absolute Gasteiger partial charge is 0.441 e. The summed E-state index contributed by atoms with van der Waals surface area (Å²) >= 11 is 0. The fraction of sp³-hybridized carbons (Fsp3) is 0.857. The highest BCUT2D eigenvalue weighted by atomic mass is 35.5. The van der Waals surface area contributed by atoms with Gasteiger partial charge < -0.3 is 22.9 Å². The molecule has 0 saturated heterocycles. The summed E-state index contributed by atoms with van der Waals surface area (Å²) in [7, 11) is 0. The van der Waals surface area contributed by atoms with E-state index in [1.54, 1.807) is 0 Å². The van der Waals surface area contributed by atoms with Crippen LogP contribution >= 0.6 is 0 Å². The third-order valence-electron chi connectivity index (χ3n) is 1.68. The first-order chi connectivity index (χ1) is 5.80. The molecule has 0 fully saturated rings. The number of ether oxygens (including phenoxy) is 1. The van der Waals surface area contributed by atoms with Crippen LogP contribution in [0.25, 0.3) is 0 Å². The Morgan fingerprint density at radius 2 is 1.93 bits per heavy atom. The molecule has 0 saturated carbocycles. The minimum absolute atomic E-state index is 0. The fourth-order valence-electron chi connectivity index (χ4n) is 0.721. The number of hydrogen-bond donors (Lipinski definition) is 1. The third-order valence-corrected chi connectivity index (χ3v) is 1.68. The Kier molecular flexibility index (Phi) is 6.93. The highest BCUT2D eigenvalue weighted by Gasteiger charge is 2.47. The van der Waals surface area contributed by atoms with Crippen LogP contribution < -0.4 is 18.1 Å². The maximum absolute atomic E-state index is 12.0. The Labute approximate surface area is 86.2 Å². The standard InChI is InChI=1S/C7H12F3NO2.ClH/c1-3-13-6(12)4(2)5(11)7(8,9)10;/h4-5H,3,11H2,1-2H3;1H/t4-,5-;/m1./s1. The topological polar surface area (TPSA) is 53.9 Å². The van der Waals surface area contributed by atoms with Crippen molar-refractivity contribution < 1.29 is 40.8 Å². The van der Waals surface area contributed by atoms with Crippen LogP contribution in [0.3, 0.4) is 0 Å². The van der Waals surface area contributed by atoms with Crippen molar-refractivity contribution in [1.29, 1.82) is 0 Å². The van der Waals surface area contributed by atoms with Crippen molar-refractivity contribution in [2.24, 2.45) is 5.92 Å². The van der Waals surface area contributed by atoms with E-state index in [-0.39, 0.29) is 19.0 Å². The molecule has 0 aromatic carbocycles. The number of hydrogen-bond acceptors (Lipinski definition) is 2. The van der Waals surface area contributed by atoms with Crippen LogP contribution in [0.2, 0.25) is 0 Å². The van der Waals surface area contributed by atoms with E-state index >= 15 is 0 Å². The molecule has 0 amide bonds. The summed E-state index contributed by atoms with van der Waals surface area (Å²) in [4.78, 5) is 10.9. The molecule has 0 aliphatic carbocycles. The van der Waals surface area contributed by atoms with E-state index in [1.807, 2.05) is 0 Å². The fourth-order valence-corrected chi connectivity index (χ4v) is 0.721. The van der Waals surface area contributed by atoms with E-state index < -0.39 is 24.1 Å². The third kappa shape index (κ3) is 4.66. The second-order valence-corrected chi connectivity index (χ2v) is 2.69. The van der Waals surface area contributed by atoms with Gasteiger partial charge in [0.25, 0.3) is 0 Å². The average molecular weight is 236 g/mol. The van der Waals surface area contributed by atoms with Gasteiger partial charge in [0.15, 0.2) is 6.04 Å². The van der Waals surface area contributed by atoms with Crippen molar-refractivity contribution in [1.82, 2.24) is 0 Å². The van der Waals surface area contributed by atoms with E-state index in [4.69, 9.17) is 0 Å². The SMILES string of the molecule is CCOC(=O)[C@H](C)[C@@H]([NH3+])C(F)(F)F.[Cl-]. The van der Waals surface area contributed by atoms with Gasteiger partial charge in [-0.2, -0.15) is 13.2 Å². The molecule has 3 nitrogen and oxygen atoms in total. The Morgan fingerprint density at radius 3 is 2.21 bits per heavy atom. The van der Waals surface area contributed by atoms with Crippen molar-refractivity contribution in [3.05, 3.63) is 0 Å². The van der Waals surface area contributed by atoms with Crippen LogP contribution in [0.5, 0.6) is 0 Å². The Bertz CT molecular complexity index is 186. The lowest BCUT2D eigenvalue weighted by Crippen LogP contribution is -3.00. The summed E-state index contributed by atoms with van der Waals surface area (Å²) in [6.45, 7) is 2.77. The van der Waals surface area contributed by atoms with Gasteiger partial charge in [-0.1, -0.05) is 0 Å². The van der Waals surface area contributed by atoms with Crippen molar-refractivity contribution >= 4 is 5.97 Å². The minimum Gasteiger partial charge on any atom is -1.00 e. The lowest BCUT2D eigenvalue weighted by Gasteiger charge is -2.17. The number of carbonyl (C=O) groups excluding carboxylic acids is 1. The first-order valence-electron chi connectivity index (χ1n) is 3.87. The molecule has 14 heavy (non-hydrogen) atoms. The van der Waals surface area contributed by atoms with Crippen LogP contribution in [0.1, 0.15) is 13.8 Å². The summed E-state index contributed by atoms with van der Waals surface area (Å²) in [5, 5.41) is 0. The van der Waals surface area contributed by atoms with Crippen LogP contribution in [0, 0.1) is 5.92 Å². The molecule has 86 valence electrons. The molecular weight excluding hydrogens is 223 g/mol. The van der Waals surface area contributed by atoms with Crippen molar-refractivity contribution in [3.8, 4) is 0 Å². The van der Waals surface area contributed by atoms with E-state index in [9.17, 15) is 18.0 Å². The van der Waals surface area contributed by atoms with Gasteiger partial charge in [0.05, 0.1) is 6.61 Å². The molecule has 0 bridgehead atoms. The molecule has 3 N–H and O–H groups in total. The first-order valence-corrected chi connectivity index (χ1v) is 3.87. The van der Waals surface area contributed by atoms with E-state index in [0.717, 1.165) is 6.92 Å². The molecule has 0 aliphatic rings. The minimum atomic E-state index is -4.45. The van der Waals surface area contributed by atoms with Crippen LogP contribution in [0.4, 0.5) is 13.2 Å². The van der Waals surface area contributed by atoms with Gasteiger partial charge in [0.1, 0.15) is 5.92 Å². The van der Waals surface area contributed by atoms with Crippen LogP contribution in [0.15, 0.2) is 0 Å². The van der Waals surface area contributed by atoms with Gasteiger partial charge in [-0.3, -0.25) is 4.79 Å². The second kappa shape index (κ2) is 6.08. The van der Waals surface area contributed by atoms with Crippen LogP contribution in [-0.4, -0.2) is 24.8 Å². The summed E-state index contributed by atoms with van der Waals surface area (Å²) in [6.07, 6.45) is -4.45. The summed E-state index contributed by atoms with van der Waals surface area (Å²) in [5.74, 6) is -2.11. The van der Waals surface area contributed by atoms with Crippen molar-refractivity contribution in [2.75, 3.05) is 6.61 Å². The Balaban J connectivity index is 0. The molecule has 0 spiro atoms. The van der Waals surface area contributed by atoms with Gasteiger partial charge in [-0.15, -0.1) is 0 Å². The highest BCUT2D eigenvalue weighted by Crippen LogP contribution is 2.23. The second-order valence-electron chi connectivity index (χ2n) is 2.69. The van der Waals surface area contributed by atoms with Gasteiger partial charge in [0.2, 0.25) is 0 Å². The molecule has 7 heteroatoms. The summed E-state index contributed by atoms with van der Waals surface area (Å²) in [6, 6.07) is -1.91. The summed E-state index contributed by atoms with van der Waals surface area (Å²) < 4.78 is 40.5. The molecule has 0 radical (unpaired) electrons. The van der Waals surface area contributed by atoms with E-state index in [2.05, 4.69) is 10.5 Å². The van der Waals surface area contributed by atoms with Gasteiger partial charge >= 0.3 is 12.1 Å². The number of rotatable bonds is 3. The number of carbonyl (C=O) groups is 1. The largest absolute Gasteiger partial charge is 1.00 e. The lowest BCUT2D eigenvalue weighted by molar-refractivity contribution is -0.489. The van der Waals surface area contributed by atoms with E-state index in [0.29, 0.717) is 0 Å². The molecule has 0 heterocycles. The van der Waals surface area contributed by atoms with E-state index in [1.165, 1.54) is 6.92 Å². The lowest BCUT2D eigenvalue weighted by atomic mass is 10.0. The zero-order valence-corrected chi connectivity index (χ0v) is 8.65. The Hall–Kier alpha value is -0.490. The summed E-state index contributed by atoms with van der Waals surface area (Å²) in [5.41, 5.74) is 2.89. The normalized spacial score (nSPS) is 15.3. The average Bonchev–Trinajstić information content (AvgIpc) is 2.00. The molecule has 2 atom stereocenters. The van der Waals surface area contributed by atoms with Crippen LogP contribution in [-0.2, 0) is 9.53 Å². The predicted octanol–water partition coefficient (Wildman–Crippen LogP) is -2.64. The number of alkyl halides is 3. The maximum atomic E-state index is 12.0. The zero-order valence-electron chi connectivity index (χ0n) is 7.90. The zero-order chi connectivity index (χ0) is 10.6. The maximum Gasteiger partial charge on any atom is 0.441 e. The molecule has 0 aromatic rings. The Morgan fingerprint density at radius 1 is 1.50 bits per heavy atom. The highest BCUT2D eigenvalue weighted by molar-refractivity contribution is 5.72. The molecule has 0 rings (SSSR count). The number of halogens is 4. The quantitative estimate of drug-likeness (QED) is 0.544. The predicted molar refractivity (Wildman–Crippen MR) is 38.5 cm³/mol. The molecule has 0 unspecified atom stereocenters. The molecule has 0 aromatic heterocycles. The van der Waals surface area contributed by atoms with Gasteiger partial charge in [0, 0.05) is 0 Å². The van der Waals surface area contributed by atoms with Crippen molar-refractivity contribution in [3.63, 3.8) is 0 Å².